The predicted molar refractivity (Wildman–Crippen MR) is 57.9 cm³/mol. The van der Waals surface area contributed by atoms with Crippen molar-refractivity contribution in [3.8, 4) is 0 Å². The lowest BCUT2D eigenvalue weighted by atomic mass is 10.1. The van der Waals surface area contributed by atoms with Crippen LogP contribution >= 0.6 is 34.5 Å². The first-order valence-corrected chi connectivity index (χ1v) is 5.10. The van der Waals surface area contributed by atoms with Gasteiger partial charge in [-0.1, -0.05) is 17.7 Å². The molecule has 15 heavy (non-hydrogen) atoms. The van der Waals surface area contributed by atoms with Crippen molar-refractivity contribution in [3.63, 3.8) is 0 Å². The Morgan fingerprint density at radius 1 is 1.40 bits per heavy atom. The molecule has 1 aromatic rings. The number of hydrogen-bond acceptors (Lipinski definition) is 1. The van der Waals surface area contributed by atoms with Gasteiger partial charge in [-0.3, -0.25) is 8.32 Å². The van der Waals surface area contributed by atoms with Crippen molar-refractivity contribution < 1.29 is 18.0 Å². The van der Waals surface area contributed by atoms with Crippen LogP contribution in [0.25, 0.3) is 0 Å². The lowest BCUT2D eigenvalue weighted by molar-refractivity contribution is -0.137. The highest BCUT2D eigenvalue weighted by molar-refractivity contribution is 14.1. The number of rotatable bonds is 1. The summed E-state index contributed by atoms with van der Waals surface area (Å²) < 4.78 is 39.5. The fourth-order valence-electron chi connectivity index (χ4n) is 1.04. The molecule has 0 aliphatic heterocycles. The van der Waals surface area contributed by atoms with E-state index in [0.29, 0.717) is 0 Å². The van der Waals surface area contributed by atoms with Crippen molar-refractivity contribution in [3.05, 3.63) is 34.3 Å². The Kier molecular flexibility index (Phi) is 3.82. The Morgan fingerprint density at radius 3 is 2.47 bits per heavy atom. The fraction of sp³-hybridized carbons (Fsp3) is 0.125. The Labute approximate surface area is 102 Å². The summed E-state index contributed by atoms with van der Waals surface area (Å²) in [7, 11) is 0. The smallest absolute Gasteiger partial charge is 0.295 e. The maximum Gasteiger partial charge on any atom is 0.417 e. The number of hydrogen-bond donors (Lipinski definition) is 1. The molecule has 0 saturated heterocycles. The van der Waals surface area contributed by atoms with E-state index in [9.17, 15) is 18.0 Å². The van der Waals surface area contributed by atoms with Crippen LogP contribution in [0.1, 0.15) is 15.9 Å². The molecule has 0 spiro atoms. The van der Waals surface area contributed by atoms with Crippen LogP contribution in [0.5, 0.6) is 0 Å². The summed E-state index contributed by atoms with van der Waals surface area (Å²) in [5, 5.41) is -0.223. The van der Waals surface area contributed by atoms with Gasteiger partial charge < -0.3 is 0 Å². The summed E-state index contributed by atoms with van der Waals surface area (Å²) in [6.07, 6.45) is -4.59. The zero-order valence-electron chi connectivity index (χ0n) is 7.03. The lowest BCUT2D eigenvalue weighted by Crippen LogP contribution is -2.19. The third-order valence-electron chi connectivity index (χ3n) is 1.63. The van der Waals surface area contributed by atoms with Crippen LogP contribution in [-0.2, 0) is 6.18 Å². The zero-order valence-corrected chi connectivity index (χ0v) is 9.94. The van der Waals surface area contributed by atoms with Crippen LogP contribution in [0.4, 0.5) is 13.2 Å². The number of benzene rings is 1. The largest absolute Gasteiger partial charge is 0.417 e. The minimum atomic E-state index is -4.59. The maximum atomic E-state index is 12.5. The van der Waals surface area contributed by atoms with Crippen molar-refractivity contribution in [2.24, 2.45) is 0 Å². The SMILES string of the molecule is O=C(NI)c1c(Cl)cccc1C(F)(F)F. The highest BCUT2D eigenvalue weighted by atomic mass is 127. The molecule has 0 heterocycles. The summed E-state index contributed by atoms with van der Waals surface area (Å²) in [6, 6.07) is 3.19. The van der Waals surface area contributed by atoms with Crippen molar-refractivity contribution >= 4 is 40.4 Å². The van der Waals surface area contributed by atoms with E-state index in [1.54, 1.807) is 0 Å². The molecule has 82 valence electrons. The molecule has 1 aromatic carbocycles. The Balaban J connectivity index is 3.40. The summed E-state index contributed by atoms with van der Waals surface area (Å²) in [4.78, 5) is 11.2. The fourth-order valence-corrected chi connectivity index (χ4v) is 1.57. The third-order valence-corrected chi connectivity index (χ3v) is 2.44. The normalized spacial score (nSPS) is 11.3. The average molecular weight is 349 g/mol. The molecule has 1 N–H and O–H groups in total. The molecule has 0 aliphatic rings. The minimum absolute atomic E-state index is 0.223. The van der Waals surface area contributed by atoms with Crippen LogP contribution in [0.15, 0.2) is 18.2 Å². The zero-order chi connectivity index (χ0) is 11.6. The molecule has 0 aliphatic carbocycles. The number of amides is 1. The van der Waals surface area contributed by atoms with Crippen molar-refractivity contribution in [2.45, 2.75) is 6.18 Å². The Bertz CT molecular complexity index is 394. The van der Waals surface area contributed by atoms with Crippen molar-refractivity contribution in [2.75, 3.05) is 0 Å². The summed E-state index contributed by atoms with van der Waals surface area (Å²) in [6.45, 7) is 0. The lowest BCUT2D eigenvalue weighted by Gasteiger charge is -2.12. The summed E-state index contributed by atoms with van der Waals surface area (Å²) in [5.74, 6) is -0.867. The minimum Gasteiger partial charge on any atom is -0.295 e. The molecular formula is C8H4ClF3INO. The van der Waals surface area contributed by atoms with E-state index in [2.05, 4.69) is 3.53 Å². The first-order chi connectivity index (χ1) is 6.88. The van der Waals surface area contributed by atoms with Gasteiger partial charge in [0.05, 0.1) is 39.0 Å². The number of halogens is 5. The standard InChI is InChI=1S/C8H4ClF3INO/c9-5-3-1-2-4(8(10,11)12)6(5)7(15)14-13/h1-3H,(H,14,15). The molecule has 7 heteroatoms. The number of carbonyl (C=O) groups is 1. The van der Waals surface area contributed by atoms with E-state index in [0.717, 1.165) is 12.1 Å². The molecule has 0 aromatic heterocycles. The van der Waals surface area contributed by atoms with Crippen LogP contribution in [0.3, 0.4) is 0 Å². The van der Waals surface area contributed by atoms with Crippen LogP contribution in [0.2, 0.25) is 5.02 Å². The van der Waals surface area contributed by atoms with E-state index >= 15 is 0 Å². The molecule has 0 fully saturated rings. The second kappa shape index (κ2) is 4.56. The maximum absolute atomic E-state index is 12.5. The first-order valence-electron chi connectivity index (χ1n) is 3.64. The van der Waals surface area contributed by atoms with Gasteiger partial charge in [-0.2, -0.15) is 13.2 Å². The van der Waals surface area contributed by atoms with E-state index in [1.165, 1.54) is 28.9 Å². The van der Waals surface area contributed by atoms with Gasteiger partial charge in [0.1, 0.15) is 0 Å². The molecule has 0 bridgehead atoms. The molecule has 1 amide bonds. The van der Waals surface area contributed by atoms with Crippen LogP contribution < -0.4 is 3.53 Å². The van der Waals surface area contributed by atoms with Gasteiger partial charge in [0.2, 0.25) is 0 Å². The van der Waals surface area contributed by atoms with E-state index in [4.69, 9.17) is 11.6 Å². The molecule has 0 saturated carbocycles. The first kappa shape index (κ1) is 12.6. The molecule has 0 radical (unpaired) electrons. The average Bonchev–Trinajstić information content (AvgIpc) is 2.15. The predicted octanol–water partition coefficient (Wildman–Crippen LogP) is 3.44. The van der Waals surface area contributed by atoms with E-state index < -0.39 is 23.2 Å². The van der Waals surface area contributed by atoms with Crippen molar-refractivity contribution in [1.29, 1.82) is 0 Å². The van der Waals surface area contributed by atoms with E-state index in [1.807, 2.05) is 0 Å². The van der Waals surface area contributed by atoms with Crippen molar-refractivity contribution in [1.82, 2.24) is 3.53 Å². The molecule has 0 atom stereocenters. The second-order valence-corrected chi connectivity index (χ2v) is 3.53. The number of alkyl halides is 3. The molecule has 2 nitrogen and oxygen atoms in total. The number of carbonyl (C=O) groups excluding carboxylic acids is 1. The third kappa shape index (κ3) is 2.75. The van der Waals surface area contributed by atoms with Crippen LogP contribution in [-0.4, -0.2) is 5.91 Å². The van der Waals surface area contributed by atoms with Gasteiger partial charge in [-0.15, -0.1) is 0 Å². The van der Waals surface area contributed by atoms with E-state index in [-0.39, 0.29) is 5.02 Å². The molecule has 0 unspecified atom stereocenters. The van der Waals surface area contributed by atoms with Gasteiger partial charge in [0.15, 0.2) is 0 Å². The summed E-state index contributed by atoms with van der Waals surface area (Å²) in [5.41, 5.74) is -1.59. The number of nitrogens with one attached hydrogen (secondary N) is 1. The Morgan fingerprint density at radius 2 is 2.00 bits per heavy atom. The molecular weight excluding hydrogens is 345 g/mol. The topological polar surface area (TPSA) is 29.1 Å². The van der Waals surface area contributed by atoms with Gasteiger partial charge in [0.25, 0.3) is 5.91 Å². The quantitative estimate of drug-likeness (QED) is 0.611. The van der Waals surface area contributed by atoms with Gasteiger partial charge in [-0.05, 0) is 12.1 Å². The van der Waals surface area contributed by atoms with Gasteiger partial charge >= 0.3 is 6.18 Å². The summed E-state index contributed by atoms with van der Waals surface area (Å²) >= 11 is 7.00. The van der Waals surface area contributed by atoms with Gasteiger partial charge in [0, 0.05) is 0 Å². The highest BCUT2D eigenvalue weighted by Gasteiger charge is 2.36. The Hall–Kier alpha value is -0.500. The van der Waals surface area contributed by atoms with Gasteiger partial charge in [-0.25, -0.2) is 0 Å². The second-order valence-electron chi connectivity index (χ2n) is 2.58. The van der Waals surface area contributed by atoms with Crippen LogP contribution in [0, 0.1) is 0 Å². The monoisotopic (exact) mass is 349 g/mol. The molecule has 1 rings (SSSR count). The highest BCUT2D eigenvalue weighted by Crippen LogP contribution is 2.34.